The summed E-state index contributed by atoms with van der Waals surface area (Å²) in [6.07, 6.45) is 0. The lowest BCUT2D eigenvalue weighted by molar-refractivity contribution is 0.102. The van der Waals surface area contributed by atoms with Gasteiger partial charge in [-0.2, -0.15) is 0 Å². The molecule has 0 radical (unpaired) electrons. The first-order valence-electron chi connectivity index (χ1n) is 9.12. The fraction of sp³-hybridized carbons (Fsp3) is 0.136. The van der Waals surface area contributed by atoms with Gasteiger partial charge < -0.3 is 10.1 Å². The van der Waals surface area contributed by atoms with Gasteiger partial charge in [0.2, 0.25) is 0 Å². The Labute approximate surface area is 170 Å². The van der Waals surface area contributed by atoms with Crippen LogP contribution in [-0.2, 0) is 10.0 Å². The van der Waals surface area contributed by atoms with Gasteiger partial charge in [0.1, 0.15) is 5.75 Å². The summed E-state index contributed by atoms with van der Waals surface area (Å²) in [6, 6.07) is 20.1. The molecule has 3 rings (SSSR count). The molecule has 150 valence electrons. The Morgan fingerprint density at radius 1 is 0.966 bits per heavy atom. The van der Waals surface area contributed by atoms with E-state index >= 15 is 0 Å². The maximum Gasteiger partial charge on any atom is 0.261 e. The van der Waals surface area contributed by atoms with E-state index in [1.807, 2.05) is 32.0 Å². The van der Waals surface area contributed by atoms with Crippen molar-refractivity contribution < 1.29 is 17.9 Å². The van der Waals surface area contributed by atoms with E-state index in [2.05, 4.69) is 10.0 Å². The number of benzene rings is 3. The highest BCUT2D eigenvalue weighted by molar-refractivity contribution is 7.92. The standard InChI is InChI=1S/C22H22N2O4S/c1-3-28-21-14-13-19(29(26,27)24-18-11-9-16(2)10-12-18)15-20(21)23-22(25)17-7-5-4-6-8-17/h4-15,24H,3H2,1-2H3,(H,23,25). The summed E-state index contributed by atoms with van der Waals surface area (Å²) in [5, 5.41) is 2.74. The van der Waals surface area contributed by atoms with Crippen LogP contribution in [0, 0.1) is 6.92 Å². The number of rotatable bonds is 7. The number of carbonyl (C=O) groups is 1. The second-order valence-corrected chi connectivity index (χ2v) is 8.07. The molecule has 0 saturated carbocycles. The zero-order chi connectivity index (χ0) is 20.9. The van der Waals surface area contributed by atoms with Gasteiger partial charge in [-0.15, -0.1) is 0 Å². The largest absolute Gasteiger partial charge is 0.492 e. The Morgan fingerprint density at radius 2 is 1.66 bits per heavy atom. The number of carbonyl (C=O) groups excluding carboxylic acids is 1. The maximum absolute atomic E-state index is 12.8. The zero-order valence-electron chi connectivity index (χ0n) is 16.2. The predicted octanol–water partition coefficient (Wildman–Crippen LogP) is 4.45. The van der Waals surface area contributed by atoms with Crippen LogP contribution in [0.4, 0.5) is 11.4 Å². The van der Waals surface area contributed by atoms with Crippen molar-refractivity contribution in [2.45, 2.75) is 18.7 Å². The Balaban J connectivity index is 1.90. The highest BCUT2D eigenvalue weighted by Crippen LogP contribution is 2.29. The van der Waals surface area contributed by atoms with E-state index in [0.29, 0.717) is 23.6 Å². The minimum Gasteiger partial charge on any atom is -0.492 e. The molecule has 0 unspecified atom stereocenters. The average molecular weight is 410 g/mol. The van der Waals surface area contributed by atoms with Crippen LogP contribution >= 0.6 is 0 Å². The lowest BCUT2D eigenvalue weighted by atomic mass is 10.2. The second-order valence-electron chi connectivity index (χ2n) is 6.38. The molecule has 29 heavy (non-hydrogen) atoms. The molecule has 7 heteroatoms. The molecule has 3 aromatic carbocycles. The van der Waals surface area contributed by atoms with E-state index in [9.17, 15) is 13.2 Å². The molecule has 3 aromatic rings. The van der Waals surface area contributed by atoms with Crippen molar-refractivity contribution in [3.63, 3.8) is 0 Å². The average Bonchev–Trinajstić information content (AvgIpc) is 2.71. The lowest BCUT2D eigenvalue weighted by Gasteiger charge is -2.14. The summed E-state index contributed by atoms with van der Waals surface area (Å²) in [5.74, 6) is 0.0404. The molecular weight excluding hydrogens is 388 g/mol. The van der Waals surface area contributed by atoms with Gasteiger partial charge >= 0.3 is 0 Å². The molecule has 1 amide bonds. The van der Waals surface area contributed by atoms with Crippen LogP contribution in [0.15, 0.2) is 77.7 Å². The molecule has 0 aliphatic carbocycles. The van der Waals surface area contributed by atoms with Crippen molar-refractivity contribution in [1.82, 2.24) is 0 Å². The summed E-state index contributed by atoms with van der Waals surface area (Å²) >= 11 is 0. The van der Waals surface area contributed by atoms with Crippen molar-refractivity contribution in [1.29, 1.82) is 0 Å². The van der Waals surface area contributed by atoms with Gasteiger partial charge in [0.05, 0.1) is 17.2 Å². The number of sulfonamides is 1. The first-order valence-corrected chi connectivity index (χ1v) is 10.6. The van der Waals surface area contributed by atoms with Crippen LogP contribution in [0.1, 0.15) is 22.8 Å². The van der Waals surface area contributed by atoms with E-state index in [4.69, 9.17) is 4.74 Å². The molecule has 0 aliphatic heterocycles. The molecule has 0 heterocycles. The lowest BCUT2D eigenvalue weighted by Crippen LogP contribution is -2.16. The molecule has 6 nitrogen and oxygen atoms in total. The molecule has 0 bridgehead atoms. The quantitative estimate of drug-likeness (QED) is 0.603. The minimum atomic E-state index is -3.84. The molecule has 0 aromatic heterocycles. The third-order valence-electron chi connectivity index (χ3n) is 4.15. The molecule has 0 spiro atoms. The summed E-state index contributed by atoms with van der Waals surface area (Å²) < 4.78 is 33.7. The number of nitrogens with one attached hydrogen (secondary N) is 2. The Bertz CT molecular complexity index is 1100. The summed E-state index contributed by atoms with van der Waals surface area (Å²) in [6.45, 7) is 4.11. The first-order chi connectivity index (χ1) is 13.9. The molecule has 0 fully saturated rings. The van der Waals surface area contributed by atoms with Crippen LogP contribution in [0.5, 0.6) is 5.75 Å². The molecule has 0 atom stereocenters. The van der Waals surface area contributed by atoms with Crippen molar-refractivity contribution >= 4 is 27.3 Å². The van der Waals surface area contributed by atoms with Crippen LogP contribution in [0.2, 0.25) is 0 Å². The monoisotopic (exact) mass is 410 g/mol. The SMILES string of the molecule is CCOc1ccc(S(=O)(=O)Nc2ccc(C)cc2)cc1NC(=O)c1ccccc1. The topological polar surface area (TPSA) is 84.5 Å². The molecule has 2 N–H and O–H groups in total. The Kier molecular flexibility index (Phi) is 6.19. The number of hydrogen-bond acceptors (Lipinski definition) is 4. The number of amides is 1. The van der Waals surface area contributed by atoms with Crippen molar-refractivity contribution in [2.24, 2.45) is 0 Å². The Morgan fingerprint density at radius 3 is 2.31 bits per heavy atom. The van der Waals surface area contributed by atoms with E-state index in [1.165, 1.54) is 18.2 Å². The van der Waals surface area contributed by atoms with Crippen molar-refractivity contribution in [2.75, 3.05) is 16.6 Å². The fourth-order valence-electron chi connectivity index (χ4n) is 2.67. The van der Waals surface area contributed by atoms with Gasteiger partial charge in [0.15, 0.2) is 0 Å². The van der Waals surface area contributed by atoms with Crippen LogP contribution < -0.4 is 14.8 Å². The summed E-state index contributed by atoms with van der Waals surface area (Å²) in [5.41, 5.74) is 2.23. The van der Waals surface area contributed by atoms with Crippen molar-refractivity contribution in [3.05, 3.63) is 83.9 Å². The Hall–Kier alpha value is -3.32. The number of anilines is 2. The summed E-state index contributed by atoms with van der Waals surface area (Å²) in [7, 11) is -3.84. The van der Waals surface area contributed by atoms with Gasteiger partial charge in [-0.3, -0.25) is 9.52 Å². The van der Waals surface area contributed by atoms with E-state index in [0.717, 1.165) is 5.56 Å². The van der Waals surface area contributed by atoms with E-state index < -0.39 is 10.0 Å². The van der Waals surface area contributed by atoms with Gasteiger partial charge in [-0.25, -0.2) is 8.42 Å². The highest BCUT2D eigenvalue weighted by Gasteiger charge is 2.18. The number of aryl methyl sites for hydroxylation is 1. The van der Waals surface area contributed by atoms with Gasteiger partial charge in [0.25, 0.3) is 15.9 Å². The van der Waals surface area contributed by atoms with Gasteiger partial charge in [-0.1, -0.05) is 35.9 Å². The molecular formula is C22H22N2O4S. The maximum atomic E-state index is 12.8. The predicted molar refractivity (Wildman–Crippen MR) is 114 cm³/mol. The van der Waals surface area contributed by atoms with Crippen LogP contribution in [0.25, 0.3) is 0 Å². The smallest absolute Gasteiger partial charge is 0.261 e. The van der Waals surface area contributed by atoms with Crippen molar-refractivity contribution in [3.8, 4) is 5.75 Å². The van der Waals surface area contributed by atoms with E-state index in [-0.39, 0.29) is 16.5 Å². The molecule has 0 aliphatic rings. The van der Waals surface area contributed by atoms with Gasteiger partial charge in [0, 0.05) is 11.3 Å². The normalized spacial score (nSPS) is 11.0. The summed E-state index contributed by atoms with van der Waals surface area (Å²) in [4.78, 5) is 12.5. The zero-order valence-corrected chi connectivity index (χ0v) is 17.0. The number of ether oxygens (including phenoxy) is 1. The minimum absolute atomic E-state index is 0.0184. The van der Waals surface area contributed by atoms with E-state index in [1.54, 1.807) is 36.4 Å². The highest BCUT2D eigenvalue weighted by atomic mass is 32.2. The van der Waals surface area contributed by atoms with Gasteiger partial charge in [-0.05, 0) is 56.3 Å². The number of hydrogen-bond donors (Lipinski definition) is 2. The van der Waals surface area contributed by atoms with Crippen LogP contribution in [-0.4, -0.2) is 20.9 Å². The third-order valence-corrected chi connectivity index (χ3v) is 5.53. The molecule has 0 saturated heterocycles. The third kappa shape index (κ3) is 5.14. The fourth-order valence-corrected chi connectivity index (χ4v) is 3.76. The van der Waals surface area contributed by atoms with Crippen LogP contribution in [0.3, 0.4) is 0 Å². The second kappa shape index (κ2) is 8.79. The first kappa shape index (κ1) is 20.4.